The van der Waals surface area contributed by atoms with E-state index in [-0.39, 0.29) is 21.7 Å². The molecule has 134 valence electrons. The van der Waals surface area contributed by atoms with E-state index >= 15 is 0 Å². The molecule has 0 fully saturated rings. The number of carbonyl (C=O) groups excluding carboxylic acids is 1. The highest BCUT2D eigenvalue weighted by atomic mass is 32.2. The summed E-state index contributed by atoms with van der Waals surface area (Å²) in [4.78, 5) is 20.4. The van der Waals surface area contributed by atoms with Gasteiger partial charge >= 0.3 is 0 Å². The molecule has 0 saturated carbocycles. The molecule has 1 amide bonds. The van der Waals surface area contributed by atoms with Gasteiger partial charge in [-0.25, -0.2) is 14.7 Å². The van der Waals surface area contributed by atoms with E-state index in [0.29, 0.717) is 0 Å². The summed E-state index contributed by atoms with van der Waals surface area (Å²) in [6.45, 7) is 4.38. The number of aromatic nitrogens is 2. The van der Waals surface area contributed by atoms with Gasteiger partial charge in [0.1, 0.15) is 11.8 Å². The molecule has 0 atom stereocenters. The minimum atomic E-state index is -4.13. The van der Waals surface area contributed by atoms with Crippen LogP contribution in [0.1, 0.15) is 47.6 Å². The maximum absolute atomic E-state index is 12.3. The van der Waals surface area contributed by atoms with Crippen molar-refractivity contribution >= 4 is 15.9 Å². The SMILES string of the molecule is CC1(C)CCc2nc(C(=O)NS(=O)(=O)c3ccc(C#N)cn3)ccc2C1. The van der Waals surface area contributed by atoms with Crippen molar-refractivity contribution in [2.75, 3.05) is 0 Å². The van der Waals surface area contributed by atoms with Gasteiger partial charge in [0.15, 0.2) is 5.03 Å². The van der Waals surface area contributed by atoms with E-state index < -0.39 is 15.9 Å². The largest absolute Gasteiger partial charge is 0.283 e. The summed E-state index contributed by atoms with van der Waals surface area (Å²) >= 11 is 0. The minimum Gasteiger partial charge on any atom is -0.266 e. The van der Waals surface area contributed by atoms with Crippen molar-refractivity contribution in [3.8, 4) is 6.07 Å². The second-order valence-electron chi connectivity index (χ2n) is 7.07. The van der Waals surface area contributed by atoms with Crippen LogP contribution >= 0.6 is 0 Å². The van der Waals surface area contributed by atoms with Gasteiger partial charge in [-0.15, -0.1) is 0 Å². The zero-order valence-electron chi connectivity index (χ0n) is 14.5. The monoisotopic (exact) mass is 370 g/mol. The molecule has 26 heavy (non-hydrogen) atoms. The molecule has 2 aromatic rings. The number of aryl methyl sites for hydroxylation is 1. The lowest BCUT2D eigenvalue weighted by Crippen LogP contribution is -2.32. The molecule has 0 aliphatic heterocycles. The van der Waals surface area contributed by atoms with Crippen molar-refractivity contribution in [1.29, 1.82) is 5.26 Å². The van der Waals surface area contributed by atoms with Gasteiger partial charge in [-0.3, -0.25) is 4.79 Å². The van der Waals surface area contributed by atoms with Crippen LogP contribution in [0.4, 0.5) is 0 Å². The Morgan fingerprint density at radius 2 is 2.04 bits per heavy atom. The first kappa shape index (κ1) is 18.0. The summed E-state index contributed by atoms with van der Waals surface area (Å²) in [5.41, 5.74) is 2.42. The highest BCUT2D eigenvalue weighted by Gasteiger charge is 2.27. The van der Waals surface area contributed by atoms with Crippen LogP contribution in [0.25, 0.3) is 0 Å². The topological polar surface area (TPSA) is 113 Å². The number of amides is 1. The van der Waals surface area contributed by atoms with Crippen LogP contribution in [0.15, 0.2) is 35.5 Å². The van der Waals surface area contributed by atoms with Gasteiger partial charge in [-0.05, 0) is 48.4 Å². The summed E-state index contributed by atoms with van der Waals surface area (Å²) in [5, 5.41) is 8.41. The molecule has 0 bridgehead atoms. The number of nitrogens with one attached hydrogen (secondary N) is 1. The Labute approximate surface area is 152 Å². The van der Waals surface area contributed by atoms with E-state index in [0.717, 1.165) is 36.7 Å². The van der Waals surface area contributed by atoms with Gasteiger partial charge in [0, 0.05) is 11.9 Å². The second kappa shape index (κ2) is 6.50. The minimum absolute atomic E-state index is 0.0562. The van der Waals surface area contributed by atoms with E-state index in [2.05, 4.69) is 23.8 Å². The molecule has 1 aliphatic rings. The standard InChI is InChI=1S/C18H18N4O3S/c1-18(2)8-7-14-13(9-18)4-5-15(21-14)17(23)22-26(24,25)16-6-3-12(10-19)11-20-16/h3-6,11H,7-9H2,1-2H3,(H,22,23). The molecule has 7 nitrogen and oxygen atoms in total. The maximum Gasteiger partial charge on any atom is 0.283 e. The Hall–Kier alpha value is -2.79. The molecule has 0 saturated heterocycles. The molecule has 8 heteroatoms. The van der Waals surface area contributed by atoms with E-state index in [4.69, 9.17) is 5.26 Å². The molecule has 3 rings (SSSR count). The van der Waals surface area contributed by atoms with Crippen molar-refractivity contribution in [1.82, 2.24) is 14.7 Å². The second-order valence-corrected chi connectivity index (χ2v) is 8.70. The average Bonchev–Trinajstić information content (AvgIpc) is 2.60. The number of carbonyl (C=O) groups is 1. The zero-order chi connectivity index (χ0) is 18.9. The number of hydrogen-bond acceptors (Lipinski definition) is 6. The normalized spacial score (nSPS) is 15.6. The van der Waals surface area contributed by atoms with E-state index in [1.165, 1.54) is 18.2 Å². The predicted octanol–water partition coefficient (Wildman–Crippen LogP) is 1.98. The summed E-state index contributed by atoms with van der Waals surface area (Å²) < 4.78 is 26.5. The number of nitrogens with zero attached hydrogens (tertiary/aromatic N) is 3. The van der Waals surface area contributed by atoms with Gasteiger partial charge in [0.05, 0.1) is 5.56 Å². The number of hydrogen-bond donors (Lipinski definition) is 1. The van der Waals surface area contributed by atoms with Gasteiger partial charge < -0.3 is 0 Å². The molecule has 0 radical (unpaired) electrons. The Morgan fingerprint density at radius 1 is 1.27 bits per heavy atom. The zero-order valence-corrected chi connectivity index (χ0v) is 15.3. The highest BCUT2D eigenvalue weighted by Crippen LogP contribution is 2.33. The third-order valence-electron chi connectivity index (χ3n) is 4.38. The lowest BCUT2D eigenvalue weighted by molar-refractivity contribution is 0.0976. The highest BCUT2D eigenvalue weighted by molar-refractivity contribution is 7.90. The van der Waals surface area contributed by atoms with Crippen molar-refractivity contribution in [2.45, 2.75) is 38.1 Å². The number of rotatable bonds is 3. The third-order valence-corrected chi connectivity index (χ3v) is 5.62. The van der Waals surface area contributed by atoms with Crippen LogP contribution in [0, 0.1) is 16.7 Å². The molecule has 2 heterocycles. The fourth-order valence-electron chi connectivity index (χ4n) is 2.93. The third kappa shape index (κ3) is 3.73. The molecular weight excluding hydrogens is 352 g/mol. The Bertz CT molecular complexity index is 1010. The van der Waals surface area contributed by atoms with E-state index in [9.17, 15) is 13.2 Å². The van der Waals surface area contributed by atoms with Crippen molar-refractivity contribution in [3.63, 3.8) is 0 Å². The summed E-state index contributed by atoms with van der Waals surface area (Å²) in [6.07, 6.45) is 3.74. The first-order chi connectivity index (χ1) is 12.2. The lowest BCUT2D eigenvalue weighted by atomic mass is 9.76. The first-order valence-electron chi connectivity index (χ1n) is 8.12. The Kier molecular flexibility index (Phi) is 4.50. The van der Waals surface area contributed by atoms with Gasteiger partial charge in [0.25, 0.3) is 15.9 Å². The number of pyridine rings is 2. The molecular formula is C18H18N4O3S. The van der Waals surface area contributed by atoms with Crippen molar-refractivity contribution < 1.29 is 13.2 Å². The smallest absolute Gasteiger partial charge is 0.266 e. The molecule has 0 unspecified atom stereocenters. The maximum atomic E-state index is 12.3. The Balaban J connectivity index is 1.80. The van der Waals surface area contributed by atoms with Crippen LogP contribution in [0.2, 0.25) is 0 Å². The fraction of sp³-hybridized carbons (Fsp3) is 0.333. The molecule has 0 spiro atoms. The van der Waals surface area contributed by atoms with Crippen molar-refractivity contribution in [2.24, 2.45) is 5.41 Å². The summed E-state index contributed by atoms with van der Waals surface area (Å²) in [5.74, 6) is -0.802. The Morgan fingerprint density at radius 3 is 2.69 bits per heavy atom. The van der Waals surface area contributed by atoms with E-state index in [1.807, 2.05) is 16.9 Å². The first-order valence-corrected chi connectivity index (χ1v) is 9.61. The predicted molar refractivity (Wildman–Crippen MR) is 93.6 cm³/mol. The van der Waals surface area contributed by atoms with Crippen LogP contribution in [0.5, 0.6) is 0 Å². The molecule has 2 aromatic heterocycles. The van der Waals surface area contributed by atoms with E-state index in [1.54, 1.807) is 0 Å². The van der Waals surface area contributed by atoms with Gasteiger partial charge in [0.2, 0.25) is 0 Å². The molecule has 1 aliphatic carbocycles. The van der Waals surface area contributed by atoms with Crippen LogP contribution in [-0.4, -0.2) is 24.3 Å². The quantitative estimate of drug-likeness (QED) is 0.884. The summed E-state index contributed by atoms with van der Waals surface area (Å²) in [7, 11) is -4.13. The molecule has 0 aromatic carbocycles. The van der Waals surface area contributed by atoms with Gasteiger partial charge in [-0.2, -0.15) is 13.7 Å². The summed E-state index contributed by atoms with van der Waals surface area (Å²) in [6, 6.07) is 7.73. The van der Waals surface area contributed by atoms with Gasteiger partial charge in [-0.1, -0.05) is 19.9 Å². The number of nitriles is 1. The van der Waals surface area contributed by atoms with Crippen LogP contribution in [-0.2, 0) is 22.9 Å². The average molecular weight is 370 g/mol. The molecule has 1 N–H and O–H groups in total. The number of fused-ring (bicyclic) bond motifs is 1. The van der Waals surface area contributed by atoms with Crippen molar-refractivity contribution in [3.05, 3.63) is 53.0 Å². The number of sulfonamides is 1. The lowest BCUT2D eigenvalue weighted by Gasteiger charge is -2.30. The van der Waals surface area contributed by atoms with Crippen LogP contribution in [0.3, 0.4) is 0 Å². The fourth-order valence-corrected chi connectivity index (χ4v) is 3.82. The van der Waals surface area contributed by atoms with Crippen LogP contribution < -0.4 is 4.72 Å².